The number of nitriles is 1. The van der Waals surface area contributed by atoms with Gasteiger partial charge in [0.2, 0.25) is 0 Å². The fraction of sp³-hybridized carbons (Fsp3) is 0.923. The third kappa shape index (κ3) is 2.09. The zero-order valence-electron chi connectivity index (χ0n) is 10.6. The Morgan fingerprint density at radius 2 is 1.94 bits per heavy atom. The van der Waals surface area contributed by atoms with Crippen molar-refractivity contribution in [1.29, 1.82) is 5.26 Å². The van der Waals surface area contributed by atoms with Gasteiger partial charge in [0.05, 0.1) is 17.6 Å². The Labute approximate surface area is 98.6 Å². The standard InChI is InChI=1S/C13H23N3/c1-4-12-15-10-6-5-9(7-11(10)16-12)13(2,3)8-14/h9-12,15-16H,4-7H2,1-3H3. The monoisotopic (exact) mass is 221 g/mol. The van der Waals surface area contributed by atoms with Crippen molar-refractivity contribution in [3.8, 4) is 6.07 Å². The van der Waals surface area contributed by atoms with Crippen LogP contribution in [0.1, 0.15) is 46.5 Å². The Hall–Kier alpha value is -0.590. The molecule has 4 atom stereocenters. The van der Waals surface area contributed by atoms with Gasteiger partial charge in [-0.05, 0) is 45.4 Å². The van der Waals surface area contributed by atoms with Crippen LogP contribution in [-0.2, 0) is 0 Å². The maximum atomic E-state index is 9.20. The van der Waals surface area contributed by atoms with Crippen LogP contribution in [0, 0.1) is 22.7 Å². The zero-order valence-corrected chi connectivity index (χ0v) is 10.6. The van der Waals surface area contributed by atoms with E-state index in [1.165, 1.54) is 12.8 Å². The number of nitrogens with zero attached hydrogens (tertiary/aromatic N) is 1. The molecule has 0 bridgehead atoms. The molecule has 0 spiro atoms. The molecule has 4 unspecified atom stereocenters. The van der Waals surface area contributed by atoms with E-state index in [1.807, 2.05) is 0 Å². The Bertz CT molecular complexity index is 292. The maximum Gasteiger partial charge on any atom is 0.0686 e. The first-order valence-electron chi connectivity index (χ1n) is 6.50. The lowest BCUT2D eigenvalue weighted by Crippen LogP contribution is -2.43. The highest BCUT2D eigenvalue weighted by atomic mass is 15.2. The second-order valence-electron chi connectivity index (χ2n) is 5.85. The highest BCUT2D eigenvalue weighted by molar-refractivity contribution is 5.04. The first-order chi connectivity index (χ1) is 7.56. The topological polar surface area (TPSA) is 47.9 Å². The molecule has 1 aliphatic carbocycles. The van der Waals surface area contributed by atoms with Crippen LogP contribution in [0.3, 0.4) is 0 Å². The summed E-state index contributed by atoms with van der Waals surface area (Å²) in [6.45, 7) is 6.37. The van der Waals surface area contributed by atoms with E-state index in [0.29, 0.717) is 24.2 Å². The summed E-state index contributed by atoms with van der Waals surface area (Å²) >= 11 is 0. The summed E-state index contributed by atoms with van der Waals surface area (Å²) < 4.78 is 0. The van der Waals surface area contributed by atoms with Gasteiger partial charge >= 0.3 is 0 Å². The largest absolute Gasteiger partial charge is 0.298 e. The minimum absolute atomic E-state index is 0.170. The van der Waals surface area contributed by atoms with Crippen molar-refractivity contribution >= 4 is 0 Å². The summed E-state index contributed by atoms with van der Waals surface area (Å²) in [6, 6.07) is 3.68. The zero-order chi connectivity index (χ0) is 11.8. The van der Waals surface area contributed by atoms with Crippen molar-refractivity contribution in [3.05, 3.63) is 0 Å². The van der Waals surface area contributed by atoms with E-state index in [0.717, 1.165) is 12.8 Å². The predicted molar refractivity (Wildman–Crippen MR) is 64.7 cm³/mol. The van der Waals surface area contributed by atoms with Crippen molar-refractivity contribution in [2.75, 3.05) is 0 Å². The lowest BCUT2D eigenvalue weighted by molar-refractivity contribution is 0.182. The Balaban J connectivity index is 1.99. The fourth-order valence-corrected chi connectivity index (χ4v) is 3.10. The number of fused-ring (bicyclic) bond motifs is 1. The molecule has 0 aromatic rings. The van der Waals surface area contributed by atoms with Crippen molar-refractivity contribution < 1.29 is 0 Å². The van der Waals surface area contributed by atoms with Gasteiger partial charge in [-0.2, -0.15) is 5.26 Å². The minimum Gasteiger partial charge on any atom is -0.298 e. The maximum absolute atomic E-state index is 9.20. The van der Waals surface area contributed by atoms with Crippen LogP contribution in [0.5, 0.6) is 0 Å². The minimum atomic E-state index is -0.170. The van der Waals surface area contributed by atoms with Crippen LogP contribution >= 0.6 is 0 Å². The van der Waals surface area contributed by atoms with Crippen LogP contribution in [0.4, 0.5) is 0 Å². The Kier molecular flexibility index (Phi) is 3.23. The first-order valence-corrected chi connectivity index (χ1v) is 6.50. The second-order valence-corrected chi connectivity index (χ2v) is 5.85. The summed E-state index contributed by atoms with van der Waals surface area (Å²) in [5.74, 6) is 0.545. The van der Waals surface area contributed by atoms with Gasteiger partial charge in [0.25, 0.3) is 0 Å². The highest BCUT2D eigenvalue weighted by Crippen LogP contribution is 2.39. The van der Waals surface area contributed by atoms with Crippen LogP contribution in [-0.4, -0.2) is 18.2 Å². The Morgan fingerprint density at radius 3 is 2.56 bits per heavy atom. The van der Waals surface area contributed by atoms with E-state index >= 15 is 0 Å². The average Bonchev–Trinajstić information content (AvgIpc) is 2.70. The van der Waals surface area contributed by atoms with Gasteiger partial charge in [0.15, 0.2) is 0 Å². The van der Waals surface area contributed by atoms with E-state index < -0.39 is 0 Å². The third-order valence-electron chi connectivity index (χ3n) is 4.40. The van der Waals surface area contributed by atoms with E-state index in [2.05, 4.69) is 37.5 Å². The van der Waals surface area contributed by atoms with Crippen LogP contribution < -0.4 is 10.6 Å². The molecule has 1 heterocycles. The molecule has 1 aliphatic heterocycles. The van der Waals surface area contributed by atoms with Crippen molar-refractivity contribution in [3.63, 3.8) is 0 Å². The van der Waals surface area contributed by atoms with Crippen molar-refractivity contribution in [2.24, 2.45) is 11.3 Å². The molecular weight excluding hydrogens is 198 g/mol. The van der Waals surface area contributed by atoms with Gasteiger partial charge in [-0.3, -0.25) is 10.6 Å². The van der Waals surface area contributed by atoms with E-state index in [9.17, 15) is 5.26 Å². The highest BCUT2D eigenvalue weighted by Gasteiger charge is 2.41. The molecule has 2 aliphatic rings. The van der Waals surface area contributed by atoms with Gasteiger partial charge in [-0.25, -0.2) is 0 Å². The molecule has 90 valence electrons. The molecule has 0 aromatic heterocycles. The second kappa shape index (κ2) is 4.35. The number of rotatable bonds is 2. The van der Waals surface area contributed by atoms with Crippen LogP contribution in [0.15, 0.2) is 0 Å². The van der Waals surface area contributed by atoms with E-state index in [1.54, 1.807) is 0 Å². The third-order valence-corrected chi connectivity index (χ3v) is 4.40. The van der Waals surface area contributed by atoms with Crippen LogP contribution in [0.2, 0.25) is 0 Å². The van der Waals surface area contributed by atoms with Crippen molar-refractivity contribution in [1.82, 2.24) is 10.6 Å². The van der Waals surface area contributed by atoms with E-state index in [4.69, 9.17) is 0 Å². The number of hydrogen-bond acceptors (Lipinski definition) is 3. The van der Waals surface area contributed by atoms with Crippen molar-refractivity contribution in [2.45, 2.75) is 64.7 Å². The quantitative estimate of drug-likeness (QED) is 0.750. The summed E-state index contributed by atoms with van der Waals surface area (Å²) in [4.78, 5) is 0. The molecule has 0 radical (unpaired) electrons. The molecule has 3 nitrogen and oxygen atoms in total. The molecule has 2 N–H and O–H groups in total. The molecule has 2 rings (SSSR count). The summed E-state index contributed by atoms with van der Waals surface area (Å²) in [5, 5.41) is 16.5. The molecule has 3 heteroatoms. The Morgan fingerprint density at radius 1 is 1.25 bits per heavy atom. The average molecular weight is 221 g/mol. The summed E-state index contributed by atoms with van der Waals surface area (Å²) in [7, 11) is 0. The normalized spacial score (nSPS) is 39.1. The molecule has 16 heavy (non-hydrogen) atoms. The fourth-order valence-electron chi connectivity index (χ4n) is 3.10. The number of nitrogens with one attached hydrogen (secondary N) is 2. The molecule has 0 amide bonds. The number of hydrogen-bond donors (Lipinski definition) is 2. The van der Waals surface area contributed by atoms with E-state index in [-0.39, 0.29) is 5.41 Å². The molecule has 2 fully saturated rings. The SMILES string of the molecule is CCC1NC2CCC(C(C)(C)C#N)CC2N1. The van der Waals surface area contributed by atoms with Gasteiger partial charge in [-0.15, -0.1) is 0 Å². The molecular formula is C13H23N3. The first kappa shape index (κ1) is 11.9. The van der Waals surface area contributed by atoms with Gasteiger partial charge in [0, 0.05) is 12.1 Å². The summed E-state index contributed by atoms with van der Waals surface area (Å²) in [5.41, 5.74) is -0.170. The van der Waals surface area contributed by atoms with Crippen LogP contribution in [0.25, 0.3) is 0 Å². The molecule has 1 saturated carbocycles. The van der Waals surface area contributed by atoms with Gasteiger partial charge < -0.3 is 0 Å². The lowest BCUT2D eigenvalue weighted by atomic mass is 9.69. The molecule has 0 aromatic carbocycles. The summed E-state index contributed by atoms with van der Waals surface area (Å²) in [6.07, 6.45) is 5.17. The predicted octanol–water partition coefficient (Wildman–Crippen LogP) is 2.00. The van der Waals surface area contributed by atoms with Gasteiger partial charge in [0.1, 0.15) is 0 Å². The van der Waals surface area contributed by atoms with Gasteiger partial charge in [-0.1, -0.05) is 6.92 Å². The smallest absolute Gasteiger partial charge is 0.0686 e. The lowest BCUT2D eigenvalue weighted by Gasteiger charge is -2.37. The molecule has 1 saturated heterocycles.